The highest BCUT2D eigenvalue weighted by Gasteiger charge is 2.27. The lowest BCUT2D eigenvalue weighted by Crippen LogP contribution is -2.38. The predicted octanol–water partition coefficient (Wildman–Crippen LogP) is 3.30. The van der Waals surface area contributed by atoms with Crippen LogP contribution in [0.4, 0.5) is 0 Å². The number of pyridine rings is 2. The Kier molecular flexibility index (Phi) is 8.84. The van der Waals surface area contributed by atoms with Crippen LogP contribution in [0.3, 0.4) is 0 Å². The Labute approximate surface area is 229 Å². The van der Waals surface area contributed by atoms with E-state index in [1.165, 1.54) is 0 Å². The number of piperidine rings is 1. The van der Waals surface area contributed by atoms with Gasteiger partial charge in [-0.2, -0.15) is 5.10 Å². The first kappa shape index (κ1) is 28.5. The summed E-state index contributed by atoms with van der Waals surface area (Å²) in [6, 6.07) is 3.85. The van der Waals surface area contributed by atoms with Gasteiger partial charge in [-0.3, -0.25) is 14.4 Å². The molecule has 1 aliphatic heterocycles. The van der Waals surface area contributed by atoms with Crippen LogP contribution < -0.4 is 10.9 Å². The lowest BCUT2D eigenvalue weighted by molar-refractivity contribution is -0.132. The molecule has 0 unspecified atom stereocenters. The number of fused-ring (bicyclic) bond motifs is 1. The molecule has 4 heterocycles. The number of nitrogens with one attached hydrogen (secondary N) is 2. The van der Waals surface area contributed by atoms with Gasteiger partial charge >= 0.3 is 0 Å². The van der Waals surface area contributed by atoms with Crippen molar-refractivity contribution in [1.82, 2.24) is 34.9 Å². The average Bonchev–Trinajstić information content (AvgIpc) is 3.31. The molecule has 0 aromatic carbocycles. The van der Waals surface area contributed by atoms with E-state index < -0.39 is 0 Å². The van der Waals surface area contributed by atoms with E-state index >= 15 is 0 Å². The molecule has 1 aliphatic rings. The van der Waals surface area contributed by atoms with Crippen molar-refractivity contribution in [3.05, 3.63) is 56.8 Å². The Balaban J connectivity index is 1.54. The second-order valence-corrected chi connectivity index (χ2v) is 11.2. The molecule has 0 atom stereocenters. The van der Waals surface area contributed by atoms with Crippen LogP contribution in [0.15, 0.2) is 23.1 Å². The molecule has 39 heavy (non-hydrogen) atoms. The summed E-state index contributed by atoms with van der Waals surface area (Å²) in [5.41, 5.74) is 4.01. The van der Waals surface area contributed by atoms with E-state index in [0.717, 1.165) is 42.8 Å². The molecule has 4 rings (SSSR count). The van der Waals surface area contributed by atoms with Crippen molar-refractivity contribution >= 4 is 22.8 Å². The maximum absolute atomic E-state index is 13.5. The minimum absolute atomic E-state index is 0.0802. The van der Waals surface area contributed by atoms with Gasteiger partial charge in [0.15, 0.2) is 5.65 Å². The number of aromatic nitrogens is 4. The third-order valence-corrected chi connectivity index (χ3v) is 7.50. The third kappa shape index (κ3) is 6.55. The fraction of sp³-hybridized carbons (Fsp3) is 0.552. The molecule has 10 heteroatoms. The van der Waals surface area contributed by atoms with Crippen molar-refractivity contribution in [3.8, 4) is 0 Å². The standard InChI is InChI=1S/C29H41N7O3/c1-18(2)36-27-24(17-31-36)22(28(38)30-16-23-19(3)14-20(4)32-29(23)39)15-25(33-27)21-9-12-35(13-10-21)26(37)8-7-11-34(5)6/h14-15,17-18,21H,7-13,16H2,1-6H3,(H,30,38)(H,32,39). The second kappa shape index (κ2) is 12.1. The number of carbonyl (C=O) groups is 2. The van der Waals surface area contributed by atoms with Gasteiger partial charge in [0.25, 0.3) is 11.5 Å². The quantitative estimate of drug-likeness (QED) is 0.434. The highest BCUT2D eigenvalue weighted by Crippen LogP contribution is 2.31. The molecule has 0 saturated carbocycles. The van der Waals surface area contributed by atoms with Crippen molar-refractivity contribution < 1.29 is 9.59 Å². The van der Waals surface area contributed by atoms with Crippen LogP contribution >= 0.6 is 0 Å². The maximum Gasteiger partial charge on any atom is 0.253 e. The summed E-state index contributed by atoms with van der Waals surface area (Å²) >= 11 is 0. The van der Waals surface area contributed by atoms with E-state index in [1.807, 2.05) is 63.5 Å². The Morgan fingerprint density at radius 3 is 2.54 bits per heavy atom. The van der Waals surface area contributed by atoms with Crippen LogP contribution in [0, 0.1) is 13.8 Å². The molecule has 0 aliphatic carbocycles. The summed E-state index contributed by atoms with van der Waals surface area (Å²) in [5.74, 6) is 0.0855. The third-order valence-electron chi connectivity index (χ3n) is 7.50. The summed E-state index contributed by atoms with van der Waals surface area (Å²) in [6.45, 7) is 10.2. The van der Waals surface area contributed by atoms with Gasteiger partial charge in [0.2, 0.25) is 5.91 Å². The zero-order valence-corrected chi connectivity index (χ0v) is 24.0. The molecule has 10 nitrogen and oxygen atoms in total. The van der Waals surface area contributed by atoms with E-state index in [1.54, 1.807) is 6.20 Å². The highest BCUT2D eigenvalue weighted by atomic mass is 16.2. The molecule has 2 amide bonds. The summed E-state index contributed by atoms with van der Waals surface area (Å²) in [7, 11) is 4.03. The molecular weight excluding hydrogens is 494 g/mol. The van der Waals surface area contributed by atoms with Gasteiger partial charge in [-0.25, -0.2) is 9.67 Å². The van der Waals surface area contributed by atoms with Gasteiger partial charge in [0.1, 0.15) is 0 Å². The average molecular weight is 536 g/mol. The number of hydrogen-bond acceptors (Lipinski definition) is 6. The van der Waals surface area contributed by atoms with Crippen molar-refractivity contribution in [3.63, 3.8) is 0 Å². The van der Waals surface area contributed by atoms with Crippen molar-refractivity contribution in [2.75, 3.05) is 33.7 Å². The molecule has 3 aromatic rings. The number of carbonyl (C=O) groups excluding carboxylic acids is 2. The van der Waals surface area contributed by atoms with Crippen molar-refractivity contribution in [1.29, 1.82) is 0 Å². The minimum atomic E-state index is -0.264. The van der Waals surface area contributed by atoms with E-state index in [0.29, 0.717) is 41.7 Å². The Bertz CT molecular complexity index is 1400. The van der Waals surface area contributed by atoms with Crippen LogP contribution in [0.1, 0.15) is 84.4 Å². The summed E-state index contributed by atoms with van der Waals surface area (Å²) in [4.78, 5) is 50.5. The smallest absolute Gasteiger partial charge is 0.253 e. The number of likely N-dealkylation sites (tertiary alicyclic amines) is 1. The van der Waals surface area contributed by atoms with Gasteiger partial charge < -0.3 is 20.1 Å². The molecule has 1 fully saturated rings. The first-order valence-corrected chi connectivity index (χ1v) is 13.8. The lowest BCUT2D eigenvalue weighted by Gasteiger charge is -2.32. The van der Waals surface area contributed by atoms with Crippen LogP contribution in [0.25, 0.3) is 11.0 Å². The monoisotopic (exact) mass is 535 g/mol. The molecule has 0 bridgehead atoms. The molecular formula is C29H41N7O3. The zero-order valence-electron chi connectivity index (χ0n) is 24.0. The van der Waals surface area contributed by atoms with Crippen LogP contribution in [-0.2, 0) is 11.3 Å². The van der Waals surface area contributed by atoms with Crippen molar-refractivity contribution in [2.45, 2.75) is 71.9 Å². The van der Waals surface area contributed by atoms with E-state index in [2.05, 4.69) is 20.3 Å². The minimum Gasteiger partial charge on any atom is -0.348 e. The van der Waals surface area contributed by atoms with Gasteiger partial charge in [-0.05, 0) is 85.3 Å². The number of H-pyrrole nitrogens is 1. The molecule has 210 valence electrons. The number of aromatic amines is 1. The van der Waals surface area contributed by atoms with Gasteiger partial charge in [0, 0.05) is 55.0 Å². The van der Waals surface area contributed by atoms with Crippen molar-refractivity contribution in [2.24, 2.45) is 0 Å². The zero-order chi connectivity index (χ0) is 28.3. The van der Waals surface area contributed by atoms with E-state index in [9.17, 15) is 14.4 Å². The number of aryl methyl sites for hydroxylation is 2. The lowest BCUT2D eigenvalue weighted by atomic mass is 9.91. The topological polar surface area (TPSA) is 116 Å². The summed E-state index contributed by atoms with van der Waals surface area (Å²) in [5, 5.41) is 8.15. The molecule has 2 N–H and O–H groups in total. The SMILES string of the molecule is Cc1cc(C)c(CNC(=O)c2cc(C3CCN(C(=O)CCCN(C)C)CC3)nc3c2cnn3C(C)C)c(=O)[nH]1. The van der Waals surface area contributed by atoms with Crippen LogP contribution in [0.5, 0.6) is 0 Å². The molecule has 3 aromatic heterocycles. The first-order chi connectivity index (χ1) is 18.5. The number of amides is 2. The number of nitrogens with zero attached hydrogens (tertiary/aromatic N) is 5. The van der Waals surface area contributed by atoms with E-state index in [4.69, 9.17) is 4.98 Å². The second-order valence-electron chi connectivity index (χ2n) is 11.2. The molecule has 1 saturated heterocycles. The Hall–Kier alpha value is -3.53. The number of hydrogen-bond donors (Lipinski definition) is 2. The maximum atomic E-state index is 13.5. The largest absolute Gasteiger partial charge is 0.348 e. The molecule has 0 radical (unpaired) electrons. The number of rotatable bonds is 9. The van der Waals surface area contributed by atoms with Gasteiger partial charge in [-0.15, -0.1) is 0 Å². The van der Waals surface area contributed by atoms with Gasteiger partial charge in [-0.1, -0.05) is 0 Å². The summed E-state index contributed by atoms with van der Waals surface area (Å²) < 4.78 is 1.84. The van der Waals surface area contributed by atoms with Crippen LogP contribution in [0.2, 0.25) is 0 Å². The fourth-order valence-corrected chi connectivity index (χ4v) is 5.31. The van der Waals surface area contributed by atoms with E-state index in [-0.39, 0.29) is 35.9 Å². The van der Waals surface area contributed by atoms with Crippen LogP contribution in [-0.4, -0.2) is 75.1 Å². The predicted molar refractivity (Wildman–Crippen MR) is 152 cm³/mol. The first-order valence-electron chi connectivity index (χ1n) is 13.8. The van der Waals surface area contributed by atoms with Gasteiger partial charge in [0.05, 0.1) is 17.1 Å². The Morgan fingerprint density at radius 2 is 1.90 bits per heavy atom. The fourth-order valence-electron chi connectivity index (χ4n) is 5.31. The summed E-state index contributed by atoms with van der Waals surface area (Å²) in [6.07, 6.45) is 4.71. The Morgan fingerprint density at radius 1 is 1.18 bits per heavy atom. The normalized spacial score (nSPS) is 14.5. The molecule has 0 spiro atoms. The highest BCUT2D eigenvalue weighted by molar-refractivity contribution is 6.05.